The lowest BCUT2D eigenvalue weighted by atomic mass is 9.78. The third-order valence-corrected chi connectivity index (χ3v) is 16.0. The first-order valence-electron chi connectivity index (χ1n) is 28.2. The number of hydrogen-bond acceptors (Lipinski definition) is 20. The molecule has 8 N–H and O–H groups in total. The number of carbonyl (C=O) groups excluding carboxylic acids is 4. The van der Waals surface area contributed by atoms with Crippen LogP contribution in [0.5, 0.6) is 0 Å². The Hall–Kier alpha value is -8.17. The van der Waals surface area contributed by atoms with Gasteiger partial charge in [0.25, 0.3) is 0 Å². The summed E-state index contributed by atoms with van der Waals surface area (Å²) in [4.78, 5) is 97.9. The zero-order chi connectivity index (χ0) is 70.1. The van der Waals surface area contributed by atoms with Gasteiger partial charge in [-0.15, -0.1) is 22.7 Å². The fourth-order valence-electron chi connectivity index (χ4n) is 8.94. The number of aliphatic hydroxyl groups is 2. The Morgan fingerprint density at radius 2 is 1.02 bits per heavy atom. The predicted octanol–water partition coefficient (Wildman–Crippen LogP) is 9.58. The number of fused-ring (bicyclic) bond motifs is 2. The molecule has 94 heavy (non-hydrogen) atoms. The quantitative estimate of drug-likeness (QED) is 0.0147. The summed E-state index contributed by atoms with van der Waals surface area (Å²) in [5, 5.41) is 49.9. The summed E-state index contributed by atoms with van der Waals surface area (Å²) >= 11 is 3.06. The van der Waals surface area contributed by atoms with Crippen LogP contribution in [0.3, 0.4) is 0 Å². The van der Waals surface area contributed by atoms with Gasteiger partial charge in [-0.05, 0) is 85.4 Å². The van der Waals surface area contributed by atoms with Gasteiger partial charge in [0.05, 0.1) is 52.9 Å². The van der Waals surface area contributed by atoms with Gasteiger partial charge in [0.2, 0.25) is 22.8 Å². The molecule has 4 amide bonds. The Balaban J connectivity index is 0.000000242. The molecule has 8 heterocycles. The first-order chi connectivity index (χ1) is 43.9. The third kappa shape index (κ3) is 17.8. The molecule has 0 spiro atoms. The van der Waals surface area contributed by atoms with Crippen LogP contribution in [0, 0.1) is 26.3 Å². The Kier molecular flexibility index (Phi) is 24.6. The highest BCUT2D eigenvalue weighted by Crippen LogP contribution is 2.41. The van der Waals surface area contributed by atoms with Gasteiger partial charge in [-0.2, -0.15) is 35.1 Å². The molecule has 0 radical (unpaired) electrons. The number of pyridine rings is 6. The summed E-state index contributed by atoms with van der Waals surface area (Å²) in [6.07, 6.45) is -4.74. The Bertz CT molecular complexity index is 4230. The number of esters is 2. The van der Waals surface area contributed by atoms with Crippen molar-refractivity contribution in [3.63, 3.8) is 0 Å². The van der Waals surface area contributed by atoms with Crippen molar-refractivity contribution in [2.45, 2.75) is 93.7 Å². The van der Waals surface area contributed by atoms with E-state index < -0.39 is 107 Å². The number of carbonyl (C=O) groups is 4. The van der Waals surface area contributed by atoms with E-state index in [1.54, 1.807) is 71.1 Å². The summed E-state index contributed by atoms with van der Waals surface area (Å²) in [6.45, 7) is 17.7. The van der Waals surface area contributed by atoms with E-state index in [-0.39, 0.29) is 112 Å². The molecular formula is C58H62BF8IN12O12S2. The lowest BCUT2D eigenvalue weighted by molar-refractivity contribution is -0.141. The molecule has 0 aliphatic rings. The molecule has 0 fully saturated rings. The second kappa shape index (κ2) is 30.9. The van der Waals surface area contributed by atoms with Gasteiger partial charge >= 0.3 is 43.5 Å². The molecule has 8 rings (SSSR count). The molecule has 24 nitrogen and oxygen atoms in total. The first kappa shape index (κ1) is 74.9. The molecule has 504 valence electrons. The highest BCUT2D eigenvalue weighted by Gasteiger charge is 2.37. The number of rotatable bonds is 16. The molecule has 0 unspecified atom stereocenters. The zero-order valence-corrected chi connectivity index (χ0v) is 55.4. The van der Waals surface area contributed by atoms with Gasteiger partial charge in [-0.1, -0.05) is 41.5 Å². The number of nitrogens with one attached hydrogen (secondary N) is 4. The van der Waals surface area contributed by atoms with Crippen molar-refractivity contribution >= 4 is 116 Å². The minimum absolute atomic E-state index is 0.0316. The zero-order valence-electron chi connectivity index (χ0n) is 51.6. The molecule has 0 saturated carbocycles. The van der Waals surface area contributed by atoms with Gasteiger partial charge in [0.15, 0.2) is 11.4 Å². The average Bonchev–Trinajstić information content (AvgIpc) is 0.888. The van der Waals surface area contributed by atoms with E-state index in [0.717, 1.165) is 29.2 Å². The van der Waals surface area contributed by atoms with Crippen LogP contribution in [0.1, 0.15) is 113 Å². The fourth-order valence-corrected chi connectivity index (χ4v) is 11.1. The van der Waals surface area contributed by atoms with Crippen LogP contribution in [0.2, 0.25) is 0 Å². The smallest absolute Gasteiger partial charge is 0.462 e. The van der Waals surface area contributed by atoms with Gasteiger partial charge in [-0.25, -0.2) is 49.1 Å². The minimum atomic E-state index is -4.76. The molecule has 0 saturated heterocycles. The fraction of sp³-hybridized carbons (Fsp3) is 0.379. The van der Waals surface area contributed by atoms with Gasteiger partial charge in [0, 0.05) is 76.4 Å². The SMILES string of the molecule is CCNC(=O)Nc1cc(-c2nc(C(F)(F)F)cs2)c(-c2cc3c(=O)c(C(=O)OCC)cn([C@H](CO)C(C)(C)C)c3nc2F)cn1.CCNC(=O)Nc1cc(-c2nc(C(F)(F)F)cs2)c(B(O)O)cn1.CCOC(=O)c1cn([C@H](CO)C(C)(C)C)c2nc(F)c(I)cc2c1=O. The van der Waals surface area contributed by atoms with Crippen LogP contribution in [0.15, 0.2) is 69.4 Å². The number of urea groups is 2. The van der Waals surface area contributed by atoms with E-state index >= 15 is 4.39 Å². The topological polar surface area (TPSA) is 337 Å². The summed E-state index contributed by atoms with van der Waals surface area (Å²) in [5.74, 6) is -3.57. The Labute approximate surface area is 551 Å². The second-order valence-electron chi connectivity index (χ2n) is 22.1. The maximum absolute atomic E-state index is 16.0. The normalized spacial score (nSPS) is 12.4. The Morgan fingerprint density at radius 3 is 1.41 bits per heavy atom. The van der Waals surface area contributed by atoms with Crippen LogP contribution in [0.4, 0.5) is 56.3 Å². The number of alkyl halides is 6. The largest absolute Gasteiger partial charge is 0.490 e. The van der Waals surface area contributed by atoms with Crippen molar-refractivity contribution in [2.24, 2.45) is 10.8 Å². The van der Waals surface area contributed by atoms with Crippen molar-refractivity contribution in [3.05, 3.63) is 118 Å². The third-order valence-electron chi connectivity index (χ3n) is 13.5. The number of aliphatic hydroxyl groups excluding tert-OH is 2. The Morgan fingerprint density at radius 1 is 0.606 bits per heavy atom. The number of thiazole rings is 2. The molecular weight excluding hydrogens is 1410 g/mol. The number of ether oxygens (including phenoxy) is 2. The molecule has 0 bridgehead atoms. The van der Waals surface area contributed by atoms with Gasteiger partial charge < -0.3 is 49.5 Å². The van der Waals surface area contributed by atoms with Crippen LogP contribution in [-0.2, 0) is 21.8 Å². The monoisotopic (exact) mass is 1470 g/mol. The van der Waals surface area contributed by atoms with E-state index in [0.29, 0.717) is 29.2 Å². The van der Waals surface area contributed by atoms with Crippen molar-refractivity contribution < 1.29 is 84.0 Å². The van der Waals surface area contributed by atoms with Crippen LogP contribution < -0.4 is 37.6 Å². The maximum Gasteiger partial charge on any atom is 0.490 e. The van der Waals surface area contributed by atoms with Gasteiger partial charge in [0.1, 0.15) is 44.1 Å². The van der Waals surface area contributed by atoms with Crippen LogP contribution in [0.25, 0.3) is 54.3 Å². The summed E-state index contributed by atoms with van der Waals surface area (Å²) in [5.41, 5.74) is -5.95. The van der Waals surface area contributed by atoms with Crippen LogP contribution >= 0.6 is 45.3 Å². The number of nitrogens with zero attached hydrogens (tertiary/aromatic N) is 8. The number of aromatic nitrogens is 8. The molecule has 36 heteroatoms. The molecule has 0 aliphatic heterocycles. The molecule has 8 aromatic rings. The summed E-state index contributed by atoms with van der Waals surface area (Å²) in [7, 11) is -1.95. The molecule has 2 atom stereocenters. The second-order valence-corrected chi connectivity index (χ2v) is 25.0. The van der Waals surface area contributed by atoms with E-state index in [4.69, 9.17) is 9.47 Å². The highest BCUT2D eigenvalue weighted by molar-refractivity contribution is 14.1. The highest BCUT2D eigenvalue weighted by atomic mass is 127. The van der Waals surface area contributed by atoms with E-state index in [1.807, 2.05) is 20.8 Å². The maximum atomic E-state index is 16.0. The van der Waals surface area contributed by atoms with Crippen LogP contribution in [-0.4, -0.2) is 130 Å². The average molecular weight is 1470 g/mol. The van der Waals surface area contributed by atoms with E-state index in [9.17, 15) is 79.8 Å². The number of amides is 4. The summed E-state index contributed by atoms with van der Waals surface area (Å²) in [6, 6.07) is 2.45. The van der Waals surface area contributed by atoms with Gasteiger partial charge in [-0.3, -0.25) is 20.2 Å². The lowest BCUT2D eigenvalue weighted by Crippen LogP contribution is -2.33. The van der Waals surface area contributed by atoms with Crippen molar-refractivity contribution in [1.82, 2.24) is 49.7 Å². The standard InChI is InChI=1S/C29H30F4N6O5S.C17H20FIN2O4.C12H12BF3N4O3S/c1-6-34-27(43)37-21-9-15(25-36-19(13-45-25)29(31,32)33)17(10-35-21)14-8-16-22(41)18(26(42)44-7-2)11-39(24(16)38-23(14)30)20(12-40)28(3,4)5;1-5-25-16(24)10-7-21(12(8-22)17(2,3)4)15-9(13(10)23)6-11(19)14(18)20-15;1-2-17-11(21)20-9-3-6(7(4-18-9)13(22)23)10-19-8(5-24-10)12(14,15)16/h8-11,13,20,40H,6-7,12H2,1-5H3,(H2,34,35,37,43);6-7,12,22H,5,8H2,1-4H3;3-5,22-23H,2H2,1H3,(H2,17,18,20,21)/t20-;12-;/m11./s1. The van der Waals surface area contributed by atoms with E-state index in [1.165, 1.54) is 39.7 Å². The van der Waals surface area contributed by atoms with Crippen molar-refractivity contribution in [2.75, 3.05) is 50.2 Å². The molecule has 0 aliphatic carbocycles. The predicted molar refractivity (Wildman–Crippen MR) is 343 cm³/mol. The van der Waals surface area contributed by atoms with Crippen molar-refractivity contribution in [1.29, 1.82) is 0 Å². The minimum Gasteiger partial charge on any atom is -0.462 e. The number of halogens is 9. The number of hydrogen-bond donors (Lipinski definition) is 8. The number of anilines is 2. The van der Waals surface area contributed by atoms with E-state index in [2.05, 4.69) is 51.2 Å². The van der Waals surface area contributed by atoms with Crippen molar-refractivity contribution in [3.8, 4) is 32.3 Å². The summed E-state index contributed by atoms with van der Waals surface area (Å²) < 4.78 is 121. The molecule has 8 aromatic heterocycles. The lowest BCUT2D eigenvalue weighted by Gasteiger charge is -2.32. The first-order valence-corrected chi connectivity index (χ1v) is 31.0. The molecule has 0 aromatic carbocycles.